The van der Waals surface area contributed by atoms with Gasteiger partial charge in [-0.15, -0.1) is 0 Å². The summed E-state index contributed by atoms with van der Waals surface area (Å²) >= 11 is 0. The van der Waals surface area contributed by atoms with Crippen molar-refractivity contribution in [3.63, 3.8) is 0 Å². The Hall–Kier alpha value is -0.0400. The fourth-order valence-electron chi connectivity index (χ4n) is 3.52. The molecule has 0 N–H and O–H groups in total. The van der Waals surface area contributed by atoms with E-state index in [1.165, 1.54) is 57.8 Å². The van der Waals surface area contributed by atoms with E-state index < -0.39 is 0 Å². The van der Waals surface area contributed by atoms with E-state index in [-0.39, 0.29) is 0 Å². The van der Waals surface area contributed by atoms with Crippen LogP contribution in [0, 0.1) is 11.8 Å². The van der Waals surface area contributed by atoms with E-state index in [1.807, 2.05) is 7.11 Å². The number of hydrogen-bond donors (Lipinski definition) is 0. The van der Waals surface area contributed by atoms with Crippen molar-refractivity contribution in [3.05, 3.63) is 0 Å². The molecule has 1 heteroatoms. The Bertz CT molecular complexity index is 161. The van der Waals surface area contributed by atoms with Gasteiger partial charge in [-0.05, 0) is 24.7 Å². The van der Waals surface area contributed by atoms with Gasteiger partial charge in [0.2, 0.25) is 0 Å². The average Bonchev–Trinajstić information content (AvgIpc) is 2.30. The number of ether oxygens (including phenoxy) is 1. The van der Waals surface area contributed by atoms with Gasteiger partial charge in [0.05, 0.1) is 6.10 Å². The molecule has 2 atom stereocenters. The Balaban J connectivity index is 1.91. The lowest BCUT2D eigenvalue weighted by Crippen LogP contribution is -2.33. The van der Waals surface area contributed by atoms with Crippen LogP contribution in [-0.2, 0) is 4.74 Å². The molecular weight excluding hydrogens is 172 g/mol. The van der Waals surface area contributed by atoms with Crippen LogP contribution in [0.1, 0.15) is 57.8 Å². The molecule has 1 nitrogen and oxygen atoms in total. The first-order chi connectivity index (χ1) is 6.92. The monoisotopic (exact) mass is 196 g/mol. The van der Waals surface area contributed by atoms with Gasteiger partial charge in [-0.2, -0.15) is 0 Å². The predicted octanol–water partition coefficient (Wildman–Crippen LogP) is 3.77. The van der Waals surface area contributed by atoms with Crippen molar-refractivity contribution >= 4 is 0 Å². The molecule has 0 aromatic heterocycles. The van der Waals surface area contributed by atoms with E-state index in [9.17, 15) is 0 Å². The third-order valence-corrected chi connectivity index (χ3v) is 4.31. The summed E-state index contributed by atoms with van der Waals surface area (Å²) in [4.78, 5) is 0. The second-order valence-electron chi connectivity index (χ2n) is 5.12. The molecule has 82 valence electrons. The third kappa shape index (κ3) is 2.31. The van der Waals surface area contributed by atoms with Crippen LogP contribution >= 0.6 is 0 Å². The van der Waals surface area contributed by atoms with Gasteiger partial charge >= 0.3 is 0 Å². The number of rotatable bonds is 2. The summed E-state index contributed by atoms with van der Waals surface area (Å²) < 4.78 is 5.66. The van der Waals surface area contributed by atoms with E-state index in [2.05, 4.69) is 0 Å². The molecule has 2 rings (SSSR count). The van der Waals surface area contributed by atoms with Gasteiger partial charge in [-0.1, -0.05) is 44.9 Å². The summed E-state index contributed by atoms with van der Waals surface area (Å²) in [5.41, 5.74) is 0. The number of hydrogen-bond acceptors (Lipinski definition) is 1. The van der Waals surface area contributed by atoms with Crippen molar-refractivity contribution in [3.8, 4) is 0 Å². The van der Waals surface area contributed by atoms with Crippen LogP contribution in [0.3, 0.4) is 0 Å². The van der Waals surface area contributed by atoms with Crippen LogP contribution in [-0.4, -0.2) is 13.2 Å². The van der Waals surface area contributed by atoms with E-state index in [0.29, 0.717) is 6.10 Å². The summed E-state index contributed by atoms with van der Waals surface area (Å²) in [7, 11) is 1.91. The average molecular weight is 196 g/mol. The standard InChI is InChI=1S/C13H24O/c1-14-13-10-6-5-9-12(13)11-7-3-2-4-8-11/h11-13H,2-10H2,1H3/t12-,13-/m0/s1. The Kier molecular flexibility index (Phi) is 3.86. The minimum atomic E-state index is 0.590. The summed E-state index contributed by atoms with van der Waals surface area (Å²) in [6.07, 6.45) is 13.5. The molecule has 0 radical (unpaired) electrons. The highest BCUT2D eigenvalue weighted by Crippen LogP contribution is 2.39. The first-order valence-electron chi connectivity index (χ1n) is 6.44. The summed E-state index contributed by atoms with van der Waals surface area (Å²) in [6.45, 7) is 0. The molecule has 0 aromatic rings. The van der Waals surface area contributed by atoms with Crippen LogP contribution in [0.25, 0.3) is 0 Å². The van der Waals surface area contributed by atoms with Gasteiger partial charge < -0.3 is 4.74 Å². The van der Waals surface area contributed by atoms with Crippen LogP contribution in [0.15, 0.2) is 0 Å². The lowest BCUT2D eigenvalue weighted by atomic mass is 9.72. The first kappa shape index (κ1) is 10.5. The second kappa shape index (κ2) is 5.16. The Morgan fingerprint density at radius 1 is 0.786 bits per heavy atom. The maximum atomic E-state index is 5.66. The molecule has 2 aliphatic rings. The summed E-state index contributed by atoms with van der Waals surface area (Å²) in [5, 5.41) is 0. The zero-order valence-electron chi connectivity index (χ0n) is 9.50. The molecule has 14 heavy (non-hydrogen) atoms. The highest BCUT2D eigenvalue weighted by molar-refractivity contribution is 4.83. The summed E-state index contributed by atoms with van der Waals surface area (Å²) in [6, 6.07) is 0. The topological polar surface area (TPSA) is 9.23 Å². The molecule has 0 aromatic carbocycles. The molecule has 0 unspecified atom stereocenters. The maximum absolute atomic E-state index is 5.66. The SMILES string of the molecule is CO[C@H]1CCCC[C@H]1C1CCCCC1. The molecule has 0 spiro atoms. The highest BCUT2D eigenvalue weighted by atomic mass is 16.5. The highest BCUT2D eigenvalue weighted by Gasteiger charge is 2.32. The van der Waals surface area contributed by atoms with Crippen molar-refractivity contribution in [2.75, 3.05) is 7.11 Å². The Morgan fingerprint density at radius 2 is 1.43 bits per heavy atom. The normalized spacial score (nSPS) is 35.8. The van der Waals surface area contributed by atoms with E-state index >= 15 is 0 Å². The molecule has 0 amide bonds. The molecule has 0 aliphatic heterocycles. The van der Waals surface area contributed by atoms with Gasteiger partial charge in [-0.3, -0.25) is 0 Å². The largest absolute Gasteiger partial charge is 0.381 e. The maximum Gasteiger partial charge on any atom is 0.0602 e. The van der Waals surface area contributed by atoms with Crippen LogP contribution in [0.2, 0.25) is 0 Å². The summed E-state index contributed by atoms with van der Waals surface area (Å²) in [5.74, 6) is 1.89. The Morgan fingerprint density at radius 3 is 2.14 bits per heavy atom. The lowest BCUT2D eigenvalue weighted by Gasteiger charge is -2.38. The van der Waals surface area contributed by atoms with Gasteiger partial charge in [0.25, 0.3) is 0 Å². The minimum Gasteiger partial charge on any atom is -0.381 e. The predicted molar refractivity (Wildman–Crippen MR) is 59.3 cm³/mol. The fraction of sp³-hybridized carbons (Fsp3) is 1.00. The molecule has 2 aliphatic carbocycles. The van der Waals surface area contributed by atoms with E-state index in [4.69, 9.17) is 4.74 Å². The van der Waals surface area contributed by atoms with Crippen molar-refractivity contribution in [2.24, 2.45) is 11.8 Å². The number of methoxy groups -OCH3 is 1. The van der Waals surface area contributed by atoms with E-state index in [0.717, 1.165) is 11.8 Å². The van der Waals surface area contributed by atoms with Crippen LogP contribution in [0.5, 0.6) is 0 Å². The van der Waals surface area contributed by atoms with Crippen molar-refractivity contribution < 1.29 is 4.74 Å². The lowest BCUT2D eigenvalue weighted by molar-refractivity contribution is -0.00901. The van der Waals surface area contributed by atoms with E-state index in [1.54, 1.807) is 0 Å². The minimum absolute atomic E-state index is 0.590. The van der Waals surface area contributed by atoms with Crippen molar-refractivity contribution in [1.82, 2.24) is 0 Å². The van der Waals surface area contributed by atoms with Gasteiger partial charge in [0, 0.05) is 7.11 Å². The Labute approximate surface area is 88.2 Å². The second-order valence-corrected chi connectivity index (χ2v) is 5.12. The zero-order valence-corrected chi connectivity index (χ0v) is 9.50. The third-order valence-electron chi connectivity index (χ3n) is 4.31. The molecule has 2 saturated carbocycles. The molecule has 2 fully saturated rings. The molecule has 0 saturated heterocycles. The van der Waals surface area contributed by atoms with Crippen molar-refractivity contribution in [2.45, 2.75) is 63.9 Å². The first-order valence-corrected chi connectivity index (χ1v) is 6.44. The van der Waals surface area contributed by atoms with Crippen LogP contribution < -0.4 is 0 Å². The zero-order chi connectivity index (χ0) is 9.80. The molecule has 0 bridgehead atoms. The van der Waals surface area contributed by atoms with Gasteiger partial charge in [-0.25, -0.2) is 0 Å². The van der Waals surface area contributed by atoms with Gasteiger partial charge in [0.1, 0.15) is 0 Å². The molecular formula is C13H24O. The smallest absolute Gasteiger partial charge is 0.0602 e. The molecule has 0 heterocycles. The van der Waals surface area contributed by atoms with Crippen LogP contribution in [0.4, 0.5) is 0 Å². The fourth-order valence-corrected chi connectivity index (χ4v) is 3.52. The van der Waals surface area contributed by atoms with Gasteiger partial charge in [0.15, 0.2) is 0 Å². The quantitative estimate of drug-likeness (QED) is 0.653. The van der Waals surface area contributed by atoms with Crippen molar-refractivity contribution in [1.29, 1.82) is 0 Å².